The highest BCUT2D eigenvalue weighted by atomic mass is 16.6. The number of hydrogen-bond donors (Lipinski definition) is 0. The van der Waals surface area contributed by atoms with Gasteiger partial charge in [0.1, 0.15) is 12.4 Å². The van der Waals surface area contributed by atoms with Crippen LogP contribution in [0.15, 0.2) is 109 Å². The van der Waals surface area contributed by atoms with E-state index in [0.29, 0.717) is 19.6 Å². The molecule has 4 aromatic rings. The van der Waals surface area contributed by atoms with Gasteiger partial charge in [-0.25, -0.2) is 0 Å². The number of pyridine rings is 1. The van der Waals surface area contributed by atoms with E-state index in [2.05, 4.69) is 52.6 Å². The number of hydrogen-bond acceptors (Lipinski definition) is 4. The topological polar surface area (TPSA) is 43.7 Å². The molecule has 0 atom stereocenters. The molecule has 0 unspecified atom stereocenters. The summed E-state index contributed by atoms with van der Waals surface area (Å²) in [4.78, 5) is 9.69. The molecule has 0 fully saturated rings. The second kappa shape index (κ2) is 10.7. The molecule has 0 amide bonds. The highest BCUT2D eigenvalue weighted by Gasteiger charge is 2.08. The van der Waals surface area contributed by atoms with Gasteiger partial charge in [-0.05, 0) is 52.6 Å². The van der Waals surface area contributed by atoms with Crippen molar-refractivity contribution < 1.29 is 9.57 Å². The van der Waals surface area contributed by atoms with Gasteiger partial charge < -0.3 is 9.57 Å². The van der Waals surface area contributed by atoms with Gasteiger partial charge in [-0.1, -0.05) is 71.9 Å². The summed E-state index contributed by atoms with van der Waals surface area (Å²) < 4.78 is 5.64. The molecule has 1 aromatic heterocycles. The van der Waals surface area contributed by atoms with Crippen molar-refractivity contribution in [2.75, 3.05) is 13.2 Å². The number of aromatic nitrogens is 1. The van der Waals surface area contributed by atoms with Crippen molar-refractivity contribution in [3.05, 3.63) is 121 Å². The van der Waals surface area contributed by atoms with Crippen LogP contribution in [0.5, 0.6) is 5.75 Å². The summed E-state index contributed by atoms with van der Waals surface area (Å²) >= 11 is 0. The van der Waals surface area contributed by atoms with E-state index in [1.165, 1.54) is 11.1 Å². The Balaban J connectivity index is 1.45. The molecule has 0 N–H and O–H groups in total. The third kappa shape index (κ3) is 6.03. The Bertz CT molecular complexity index is 1080. The SMILES string of the molecule is [c]1cccc(OCCO/N=C(\Cc2ccncc2)c2ccc(-c3ccccc3)cc2)c1. The standard InChI is InChI=1S/C27H23N2O2/c1-3-7-23(8-4-1)24-11-13-25(14-12-24)27(21-22-15-17-28-18-16-22)29-31-20-19-30-26-9-5-2-6-10-26/h1-5,7-18H,19-21H2/b29-27+. The lowest BCUT2D eigenvalue weighted by Gasteiger charge is -2.10. The fourth-order valence-electron chi connectivity index (χ4n) is 3.15. The van der Waals surface area contributed by atoms with Crippen molar-refractivity contribution in [1.29, 1.82) is 0 Å². The van der Waals surface area contributed by atoms with Crippen LogP contribution in [0.2, 0.25) is 0 Å². The van der Waals surface area contributed by atoms with E-state index >= 15 is 0 Å². The van der Waals surface area contributed by atoms with Crippen LogP contribution < -0.4 is 4.74 Å². The van der Waals surface area contributed by atoms with Crippen LogP contribution in [-0.2, 0) is 11.3 Å². The second-order valence-corrected chi connectivity index (χ2v) is 6.93. The maximum absolute atomic E-state index is 5.64. The summed E-state index contributed by atoms with van der Waals surface area (Å²) in [7, 11) is 0. The first-order valence-electron chi connectivity index (χ1n) is 10.2. The van der Waals surface area contributed by atoms with Crippen LogP contribution in [0.1, 0.15) is 11.1 Å². The van der Waals surface area contributed by atoms with Gasteiger partial charge in [-0.3, -0.25) is 4.98 Å². The lowest BCUT2D eigenvalue weighted by atomic mass is 9.99. The third-order valence-electron chi connectivity index (χ3n) is 4.74. The van der Waals surface area contributed by atoms with Crippen LogP contribution in [0.3, 0.4) is 0 Å². The molecule has 4 nitrogen and oxygen atoms in total. The van der Waals surface area contributed by atoms with Crippen LogP contribution in [0, 0.1) is 6.07 Å². The molecule has 1 radical (unpaired) electrons. The molecule has 3 aromatic carbocycles. The molecule has 4 heteroatoms. The summed E-state index contributed by atoms with van der Waals surface area (Å²) in [5, 5.41) is 4.43. The predicted octanol–water partition coefficient (Wildman–Crippen LogP) is 5.59. The van der Waals surface area contributed by atoms with Crippen molar-refractivity contribution >= 4 is 5.71 Å². The highest BCUT2D eigenvalue weighted by molar-refractivity contribution is 6.01. The number of rotatable bonds is 9. The molecular formula is C27H23N2O2. The van der Waals surface area contributed by atoms with Crippen molar-refractivity contribution in [2.24, 2.45) is 5.16 Å². The zero-order valence-corrected chi connectivity index (χ0v) is 17.1. The van der Waals surface area contributed by atoms with E-state index in [1.807, 2.05) is 48.5 Å². The molecule has 0 aliphatic carbocycles. The van der Waals surface area contributed by atoms with Gasteiger partial charge in [0.15, 0.2) is 6.61 Å². The van der Waals surface area contributed by atoms with Crippen LogP contribution >= 0.6 is 0 Å². The monoisotopic (exact) mass is 407 g/mol. The number of oxime groups is 1. The summed E-state index contributed by atoms with van der Waals surface area (Å²) in [6.45, 7) is 0.772. The van der Waals surface area contributed by atoms with Crippen molar-refractivity contribution in [3.8, 4) is 16.9 Å². The molecule has 31 heavy (non-hydrogen) atoms. The molecular weight excluding hydrogens is 384 g/mol. The first-order valence-corrected chi connectivity index (χ1v) is 10.2. The van der Waals surface area contributed by atoms with Gasteiger partial charge in [-0.15, -0.1) is 0 Å². The fraction of sp³-hybridized carbons (Fsp3) is 0.111. The van der Waals surface area contributed by atoms with E-state index in [0.717, 1.165) is 22.6 Å². The Hall–Kier alpha value is -3.92. The summed E-state index contributed by atoms with van der Waals surface area (Å²) in [6.07, 6.45) is 4.23. The summed E-state index contributed by atoms with van der Waals surface area (Å²) in [6, 6.07) is 33.1. The van der Waals surface area contributed by atoms with Gasteiger partial charge in [0, 0.05) is 18.8 Å². The average molecular weight is 407 g/mol. The number of benzene rings is 3. The zero-order chi connectivity index (χ0) is 21.1. The predicted molar refractivity (Wildman–Crippen MR) is 123 cm³/mol. The van der Waals surface area contributed by atoms with Crippen molar-refractivity contribution in [3.63, 3.8) is 0 Å². The van der Waals surface area contributed by atoms with E-state index in [4.69, 9.17) is 9.57 Å². The normalized spacial score (nSPS) is 11.2. The minimum absolute atomic E-state index is 0.358. The fourth-order valence-corrected chi connectivity index (χ4v) is 3.15. The third-order valence-corrected chi connectivity index (χ3v) is 4.74. The van der Waals surface area contributed by atoms with Gasteiger partial charge in [0.2, 0.25) is 0 Å². The number of ether oxygens (including phenoxy) is 1. The minimum atomic E-state index is 0.358. The van der Waals surface area contributed by atoms with Crippen molar-refractivity contribution in [1.82, 2.24) is 4.98 Å². The Kier molecular flexibility index (Phi) is 7.05. The molecule has 0 aliphatic rings. The highest BCUT2D eigenvalue weighted by Crippen LogP contribution is 2.20. The molecule has 0 saturated heterocycles. The molecule has 1 heterocycles. The molecule has 153 valence electrons. The molecule has 0 aliphatic heterocycles. The first kappa shape index (κ1) is 20.4. The maximum atomic E-state index is 5.64. The van der Waals surface area contributed by atoms with Gasteiger partial charge in [-0.2, -0.15) is 0 Å². The Morgan fingerprint density at radius 2 is 1.58 bits per heavy atom. The van der Waals surface area contributed by atoms with Crippen molar-refractivity contribution in [2.45, 2.75) is 6.42 Å². The summed E-state index contributed by atoms with van der Waals surface area (Å²) in [5.41, 5.74) is 5.37. The lowest BCUT2D eigenvalue weighted by Crippen LogP contribution is -2.09. The smallest absolute Gasteiger partial charge is 0.151 e. The molecule has 0 saturated carbocycles. The quantitative estimate of drug-likeness (QED) is 0.206. The lowest BCUT2D eigenvalue weighted by molar-refractivity contribution is 0.107. The first-order chi connectivity index (χ1) is 15.4. The van der Waals surface area contributed by atoms with E-state index in [9.17, 15) is 0 Å². The summed E-state index contributed by atoms with van der Waals surface area (Å²) in [5.74, 6) is 0.767. The van der Waals surface area contributed by atoms with E-state index < -0.39 is 0 Å². The zero-order valence-electron chi connectivity index (χ0n) is 17.1. The average Bonchev–Trinajstić information content (AvgIpc) is 2.85. The van der Waals surface area contributed by atoms with Crippen LogP contribution in [-0.4, -0.2) is 23.9 Å². The van der Waals surface area contributed by atoms with Gasteiger partial charge in [0.05, 0.1) is 5.71 Å². The van der Waals surface area contributed by atoms with E-state index in [1.54, 1.807) is 18.5 Å². The van der Waals surface area contributed by atoms with Crippen LogP contribution in [0.4, 0.5) is 0 Å². The minimum Gasteiger partial charge on any atom is -0.490 e. The number of nitrogens with zero attached hydrogens (tertiary/aromatic N) is 2. The van der Waals surface area contributed by atoms with E-state index in [-0.39, 0.29) is 0 Å². The van der Waals surface area contributed by atoms with Gasteiger partial charge in [0.25, 0.3) is 0 Å². The second-order valence-electron chi connectivity index (χ2n) is 6.93. The Labute approximate surface area is 182 Å². The maximum Gasteiger partial charge on any atom is 0.151 e. The van der Waals surface area contributed by atoms with Crippen LogP contribution in [0.25, 0.3) is 11.1 Å². The molecule has 4 rings (SSSR count). The van der Waals surface area contributed by atoms with Gasteiger partial charge >= 0.3 is 0 Å². The largest absolute Gasteiger partial charge is 0.490 e. The Morgan fingerprint density at radius 3 is 2.32 bits per heavy atom. The molecule has 0 spiro atoms. The Morgan fingerprint density at radius 1 is 0.806 bits per heavy atom. The molecule has 0 bridgehead atoms.